The van der Waals surface area contributed by atoms with Crippen molar-refractivity contribution in [2.75, 3.05) is 6.61 Å². The SMILES string of the molecule is CC1O[C@@H](OC2C(O)[C@@H](NC(=O)CCCCCCCCCCC(=O)O)C(CO)O[C@H]2C(C)(C)C)C(O)C(O)[C@H]1O. The van der Waals surface area contributed by atoms with Crippen LogP contribution in [0.5, 0.6) is 0 Å². The van der Waals surface area contributed by atoms with Crippen molar-refractivity contribution in [3.63, 3.8) is 0 Å². The molecule has 10 atom stereocenters. The summed E-state index contributed by atoms with van der Waals surface area (Å²) in [5.74, 6) is -1.06. The maximum absolute atomic E-state index is 12.8. The van der Waals surface area contributed by atoms with E-state index in [4.69, 9.17) is 19.3 Å². The molecule has 0 saturated carbocycles. The monoisotopic (exact) mass is 577 g/mol. The largest absolute Gasteiger partial charge is 0.481 e. The van der Waals surface area contributed by atoms with Gasteiger partial charge in [0.2, 0.25) is 5.91 Å². The number of ether oxygens (including phenoxy) is 3. The second-order valence-electron chi connectivity index (χ2n) is 12.2. The lowest BCUT2D eigenvalue weighted by molar-refractivity contribution is -0.336. The van der Waals surface area contributed by atoms with E-state index in [1.54, 1.807) is 0 Å². The molecule has 12 heteroatoms. The highest BCUT2D eigenvalue weighted by molar-refractivity contribution is 5.76. The fourth-order valence-corrected chi connectivity index (χ4v) is 5.30. The van der Waals surface area contributed by atoms with Gasteiger partial charge in [-0.2, -0.15) is 0 Å². The summed E-state index contributed by atoms with van der Waals surface area (Å²) in [5.41, 5.74) is -0.576. The summed E-state index contributed by atoms with van der Waals surface area (Å²) in [6.07, 6.45) is -3.10. The first-order valence-electron chi connectivity index (χ1n) is 14.6. The van der Waals surface area contributed by atoms with Crippen molar-refractivity contribution in [3.8, 4) is 0 Å². The molecular weight excluding hydrogens is 526 g/mol. The van der Waals surface area contributed by atoms with Crippen molar-refractivity contribution in [2.45, 2.75) is 153 Å². The number of carboxylic acid groups (broad SMARTS) is 1. The molecular formula is C28H51NO11. The Hall–Kier alpha value is -1.38. The van der Waals surface area contributed by atoms with Crippen molar-refractivity contribution in [1.29, 1.82) is 0 Å². The summed E-state index contributed by atoms with van der Waals surface area (Å²) < 4.78 is 17.7. The molecule has 0 aromatic heterocycles. The molecule has 0 aliphatic carbocycles. The van der Waals surface area contributed by atoms with Crippen LogP contribution < -0.4 is 5.32 Å². The van der Waals surface area contributed by atoms with Gasteiger partial charge in [-0.1, -0.05) is 59.3 Å². The molecule has 6 unspecified atom stereocenters. The summed E-state index contributed by atoms with van der Waals surface area (Å²) in [5, 5.41) is 63.5. The fraction of sp³-hybridized carbons (Fsp3) is 0.929. The quantitative estimate of drug-likeness (QED) is 0.136. The van der Waals surface area contributed by atoms with Crippen LogP contribution in [0.3, 0.4) is 0 Å². The lowest BCUT2D eigenvalue weighted by atomic mass is 9.79. The smallest absolute Gasteiger partial charge is 0.303 e. The van der Waals surface area contributed by atoms with Crippen LogP contribution in [0.25, 0.3) is 0 Å². The number of unbranched alkanes of at least 4 members (excludes halogenated alkanes) is 7. The zero-order valence-corrected chi connectivity index (χ0v) is 24.3. The Morgan fingerprint density at radius 3 is 1.88 bits per heavy atom. The van der Waals surface area contributed by atoms with E-state index in [9.17, 15) is 35.1 Å². The van der Waals surface area contributed by atoms with Crippen LogP contribution in [0, 0.1) is 5.41 Å². The molecule has 40 heavy (non-hydrogen) atoms. The third-order valence-corrected chi connectivity index (χ3v) is 7.73. The van der Waals surface area contributed by atoms with Crippen molar-refractivity contribution in [3.05, 3.63) is 0 Å². The Balaban J connectivity index is 1.92. The molecule has 2 rings (SSSR count). The topological polar surface area (TPSA) is 195 Å². The number of rotatable bonds is 15. The van der Waals surface area contributed by atoms with Gasteiger partial charge in [-0.3, -0.25) is 9.59 Å². The predicted octanol–water partition coefficient (Wildman–Crippen LogP) is 0.836. The Kier molecular flexibility index (Phi) is 14.2. The molecule has 0 aromatic rings. The predicted molar refractivity (Wildman–Crippen MR) is 144 cm³/mol. The van der Waals surface area contributed by atoms with E-state index < -0.39 is 79.2 Å². The van der Waals surface area contributed by atoms with E-state index in [-0.39, 0.29) is 18.7 Å². The summed E-state index contributed by atoms with van der Waals surface area (Å²) in [7, 11) is 0. The maximum atomic E-state index is 12.8. The number of carbonyl (C=O) groups is 2. The van der Waals surface area contributed by atoms with Gasteiger partial charge < -0.3 is 50.2 Å². The first-order valence-corrected chi connectivity index (χ1v) is 14.6. The Morgan fingerprint density at radius 1 is 0.800 bits per heavy atom. The van der Waals surface area contributed by atoms with Gasteiger partial charge in [0.15, 0.2) is 6.29 Å². The second kappa shape index (κ2) is 16.3. The van der Waals surface area contributed by atoms with E-state index in [0.717, 1.165) is 38.5 Å². The molecule has 2 fully saturated rings. The number of hydrogen-bond donors (Lipinski definition) is 7. The summed E-state index contributed by atoms with van der Waals surface area (Å²) >= 11 is 0. The minimum atomic E-state index is -1.58. The average molecular weight is 578 g/mol. The highest BCUT2D eigenvalue weighted by Gasteiger charge is 2.53. The van der Waals surface area contributed by atoms with Crippen molar-refractivity contribution < 1.29 is 54.4 Å². The lowest BCUT2D eigenvalue weighted by Gasteiger charge is -2.50. The molecule has 234 valence electrons. The number of aliphatic hydroxyl groups is 5. The van der Waals surface area contributed by atoms with Gasteiger partial charge in [0.25, 0.3) is 0 Å². The lowest BCUT2D eigenvalue weighted by Crippen LogP contribution is -2.68. The van der Waals surface area contributed by atoms with Gasteiger partial charge in [-0.05, 0) is 25.2 Å². The standard InChI is InChI=1S/C28H51NO11/c1-16-21(34)23(36)24(37)27(38-16)40-25-22(35)20(17(15-30)39-26(25)28(2,3)4)29-18(31)13-11-9-7-5-6-8-10-12-14-19(32)33/h16-17,20-27,30,34-37H,5-15H2,1-4H3,(H,29,31)(H,32,33)/t16?,17?,20-,21-,22?,23?,24?,25?,26+,27-/m0/s1. The first kappa shape index (κ1) is 34.8. The van der Waals surface area contributed by atoms with Gasteiger partial charge in [0.05, 0.1) is 24.9 Å². The van der Waals surface area contributed by atoms with E-state index in [0.29, 0.717) is 12.8 Å². The van der Waals surface area contributed by atoms with Gasteiger partial charge in [-0.15, -0.1) is 0 Å². The zero-order chi connectivity index (χ0) is 30.0. The van der Waals surface area contributed by atoms with Crippen molar-refractivity contribution >= 4 is 11.9 Å². The van der Waals surface area contributed by atoms with Gasteiger partial charge >= 0.3 is 5.97 Å². The number of amides is 1. The number of aliphatic carboxylic acids is 1. The van der Waals surface area contributed by atoms with E-state index in [1.807, 2.05) is 20.8 Å². The Labute approximate surface area is 237 Å². The van der Waals surface area contributed by atoms with E-state index in [2.05, 4.69) is 5.32 Å². The highest BCUT2D eigenvalue weighted by Crippen LogP contribution is 2.36. The zero-order valence-electron chi connectivity index (χ0n) is 24.3. The number of carboxylic acids is 1. The van der Waals surface area contributed by atoms with Gasteiger partial charge in [0.1, 0.15) is 36.6 Å². The molecule has 0 aromatic carbocycles. The van der Waals surface area contributed by atoms with Crippen LogP contribution in [0.1, 0.15) is 91.9 Å². The third kappa shape index (κ3) is 10.2. The molecule has 0 radical (unpaired) electrons. The Bertz CT molecular complexity index is 776. The van der Waals surface area contributed by atoms with Crippen LogP contribution >= 0.6 is 0 Å². The molecule has 12 nitrogen and oxygen atoms in total. The van der Waals surface area contributed by atoms with E-state index in [1.165, 1.54) is 6.92 Å². The number of nitrogens with one attached hydrogen (secondary N) is 1. The normalized spacial score (nSPS) is 34.9. The fourth-order valence-electron chi connectivity index (χ4n) is 5.30. The van der Waals surface area contributed by atoms with Crippen LogP contribution in [0.2, 0.25) is 0 Å². The number of hydrogen-bond acceptors (Lipinski definition) is 10. The minimum Gasteiger partial charge on any atom is -0.481 e. The number of aliphatic hydroxyl groups excluding tert-OH is 5. The van der Waals surface area contributed by atoms with Crippen molar-refractivity contribution in [1.82, 2.24) is 5.32 Å². The molecule has 0 spiro atoms. The second-order valence-corrected chi connectivity index (χ2v) is 12.2. The van der Waals surface area contributed by atoms with Crippen LogP contribution in [0.15, 0.2) is 0 Å². The molecule has 2 aliphatic rings. The average Bonchev–Trinajstić information content (AvgIpc) is 2.88. The summed E-state index contributed by atoms with van der Waals surface area (Å²) in [6, 6.07) is -0.986. The number of carbonyl (C=O) groups excluding carboxylic acids is 1. The summed E-state index contributed by atoms with van der Waals surface area (Å²) in [6.45, 7) is 6.67. The van der Waals surface area contributed by atoms with Crippen LogP contribution in [-0.4, -0.2) is 110 Å². The first-order chi connectivity index (χ1) is 18.8. The maximum Gasteiger partial charge on any atom is 0.303 e. The minimum absolute atomic E-state index is 0.208. The third-order valence-electron chi connectivity index (χ3n) is 7.73. The van der Waals surface area contributed by atoms with Gasteiger partial charge in [0, 0.05) is 12.8 Å². The van der Waals surface area contributed by atoms with Gasteiger partial charge in [-0.25, -0.2) is 0 Å². The van der Waals surface area contributed by atoms with Crippen LogP contribution in [-0.2, 0) is 23.8 Å². The molecule has 1 amide bonds. The Morgan fingerprint density at radius 2 is 1.35 bits per heavy atom. The van der Waals surface area contributed by atoms with E-state index >= 15 is 0 Å². The molecule has 2 saturated heterocycles. The van der Waals surface area contributed by atoms with Crippen molar-refractivity contribution in [2.24, 2.45) is 5.41 Å². The molecule has 7 N–H and O–H groups in total. The summed E-state index contributed by atoms with van der Waals surface area (Å²) in [4.78, 5) is 23.3. The molecule has 2 heterocycles. The van der Waals surface area contributed by atoms with Crippen LogP contribution in [0.4, 0.5) is 0 Å². The molecule has 2 aliphatic heterocycles. The highest BCUT2D eigenvalue weighted by atomic mass is 16.7. The molecule has 0 bridgehead atoms.